The Hall–Kier alpha value is -0.920. The number of unbranched alkanes of at least 4 members (excludes halogenated alkanes) is 1. The summed E-state index contributed by atoms with van der Waals surface area (Å²) >= 11 is 0. The zero-order valence-electron chi connectivity index (χ0n) is 17.3. The van der Waals surface area contributed by atoms with Crippen LogP contribution in [0.2, 0.25) is 0 Å². The van der Waals surface area contributed by atoms with Gasteiger partial charge in [0, 0.05) is 26.2 Å². The van der Waals surface area contributed by atoms with Crippen LogP contribution in [0.3, 0.4) is 0 Å². The highest BCUT2D eigenvalue weighted by Crippen LogP contribution is 2.38. The number of imidazole rings is 1. The highest BCUT2D eigenvalue weighted by molar-refractivity contribution is 7.91. The number of sulfone groups is 1. The first-order valence-corrected chi connectivity index (χ1v) is 12.2. The van der Waals surface area contributed by atoms with Gasteiger partial charge in [0.1, 0.15) is 0 Å². The van der Waals surface area contributed by atoms with Gasteiger partial charge in [-0.05, 0) is 57.7 Å². The van der Waals surface area contributed by atoms with Gasteiger partial charge in [-0.15, -0.1) is 0 Å². The molecule has 6 nitrogen and oxygen atoms in total. The SMILES string of the molecule is CCCCn1c(CN2CCCC3(CCCN(C)C3)C2)cnc1S(=O)(=O)CC. The first-order valence-electron chi connectivity index (χ1n) is 10.6. The highest BCUT2D eigenvalue weighted by Gasteiger charge is 2.38. The fourth-order valence-electron chi connectivity index (χ4n) is 4.91. The first-order chi connectivity index (χ1) is 12.9. The maximum Gasteiger partial charge on any atom is 0.227 e. The van der Waals surface area contributed by atoms with Crippen molar-refractivity contribution in [3.8, 4) is 0 Å². The third-order valence-corrected chi connectivity index (χ3v) is 7.92. The van der Waals surface area contributed by atoms with Crippen LogP contribution in [0.25, 0.3) is 0 Å². The molecule has 2 aliphatic rings. The van der Waals surface area contributed by atoms with Gasteiger partial charge in [0.2, 0.25) is 15.0 Å². The van der Waals surface area contributed by atoms with E-state index in [0.717, 1.165) is 44.7 Å². The molecular formula is C20H36N4O2S. The van der Waals surface area contributed by atoms with Crippen molar-refractivity contribution in [2.75, 3.05) is 39.0 Å². The minimum atomic E-state index is -3.29. The Morgan fingerprint density at radius 2 is 1.89 bits per heavy atom. The molecule has 27 heavy (non-hydrogen) atoms. The van der Waals surface area contributed by atoms with Gasteiger partial charge >= 0.3 is 0 Å². The topological polar surface area (TPSA) is 58.4 Å². The molecule has 1 spiro atoms. The Morgan fingerprint density at radius 3 is 2.56 bits per heavy atom. The van der Waals surface area contributed by atoms with Gasteiger partial charge in [0.05, 0.1) is 17.6 Å². The second kappa shape index (κ2) is 8.62. The lowest BCUT2D eigenvalue weighted by molar-refractivity contribution is 0.0188. The number of piperidine rings is 2. The van der Waals surface area contributed by atoms with Gasteiger partial charge in [-0.3, -0.25) is 4.90 Å². The summed E-state index contributed by atoms with van der Waals surface area (Å²) in [5.74, 6) is 0.106. The lowest BCUT2D eigenvalue weighted by Gasteiger charge is -2.47. The summed E-state index contributed by atoms with van der Waals surface area (Å²) in [6, 6.07) is 0. The van der Waals surface area contributed by atoms with Gasteiger partial charge < -0.3 is 9.47 Å². The molecule has 3 heterocycles. The lowest BCUT2D eigenvalue weighted by atomic mass is 9.74. The second-order valence-corrected chi connectivity index (χ2v) is 10.8. The van der Waals surface area contributed by atoms with E-state index in [-0.39, 0.29) is 10.9 Å². The molecule has 154 valence electrons. The maximum absolute atomic E-state index is 12.5. The van der Waals surface area contributed by atoms with Crippen LogP contribution in [0.15, 0.2) is 11.4 Å². The van der Waals surface area contributed by atoms with Crippen molar-refractivity contribution in [1.29, 1.82) is 0 Å². The minimum absolute atomic E-state index is 0.106. The molecule has 2 aliphatic heterocycles. The van der Waals surface area contributed by atoms with E-state index in [9.17, 15) is 8.42 Å². The van der Waals surface area contributed by atoms with E-state index in [2.05, 4.69) is 28.8 Å². The predicted octanol–water partition coefficient (Wildman–Crippen LogP) is 2.78. The summed E-state index contributed by atoms with van der Waals surface area (Å²) in [5.41, 5.74) is 1.47. The Balaban J connectivity index is 1.78. The molecule has 0 amide bonds. The third kappa shape index (κ3) is 4.74. The van der Waals surface area contributed by atoms with Crippen molar-refractivity contribution in [2.24, 2.45) is 5.41 Å². The molecule has 0 bridgehead atoms. The lowest BCUT2D eigenvalue weighted by Crippen LogP contribution is -2.51. The molecule has 1 aromatic heterocycles. The van der Waals surface area contributed by atoms with Crippen LogP contribution in [0.5, 0.6) is 0 Å². The molecule has 3 rings (SSSR count). The molecule has 1 aromatic rings. The normalized spacial score (nSPS) is 25.3. The van der Waals surface area contributed by atoms with Crippen LogP contribution in [-0.2, 0) is 22.9 Å². The smallest absolute Gasteiger partial charge is 0.227 e. The Morgan fingerprint density at radius 1 is 1.15 bits per heavy atom. The summed E-state index contributed by atoms with van der Waals surface area (Å²) in [5, 5.41) is 0.262. The summed E-state index contributed by atoms with van der Waals surface area (Å²) < 4.78 is 26.9. The molecule has 1 unspecified atom stereocenters. The second-order valence-electron chi connectivity index (χ2n) is 8.60. The maximum atomic E-state index is 12.5. The molecule has 1 atom stereocenters. The van der Waals surface area contributed by atoms with E-state index in [1.165, 1.54) is 38.8 Å². The van der Waals surface area contributed by atoms with E-state index in [4.69, 9.17) is 0 Å². The van der Waals surface area contributed by atoms with E-state index >= 15 is 0 Å². The number of aromatic nitrogens is 2. The summed E-state index contributed by atoms with van der Waals surface area (Å²) in [7, 11) is -1.05. The van der Waals surface area contributed by atoms with Gasteiger partial charge in [0.25, 0.3) is 0 Å². The van der Waals surface area contributed by atoms with Crippen LogP contribution in [0.4, 0.5) is 0 Å². The zero-order chi connectivity index (χ0) is 19.5. The third-order valence-electron chi connectivity index (χ3n) is 6.27. The van der Waals surface area contributed by atoms with Crippen LogP contribution >= 0.6 is 0 Å². The molecular weight excluding hydrogens is 360 g/mol. The molecule has 0 N–H and O–H groups in total. The van der Waals surface area contributed by atoms with E-state index in [1.807, 2.05) is 4.57 Å². The largest absolute Gasteiger partial charge is 0.318 e. The number of likely N-dealkylation sites (tertiary alicyclic amines) is 2. The Kier molecular flexibility index (Phi) is 6.64. The monoisotopic (exact) mass is 396 g/mol. The summed E-state index contributed by atoms with van der Waals surface area (Å²) in [4.78, 5) is 9.34. The molecule has 2 fully saturated rings. The molecule has 0 aromatic carbocycles. The van der Waals surface area contributed by atoms with Gasteiger partial charge in [0.15, 0.2) is 0 Å². The van der Waals surface area contributed by atoms with Crippen molar-refractivity contribution >= 4 is 9.84 Å². The van der Waals surface area contributed by atoms with Crippen molar-refractivity contribution < 1.29 is 8.42 Å². The van der Waals surface area contributed by atoms with E-state index in [0.29, 0.717) is 5.41 Å². The van der Waals surface area contributed by atoms with Crippen LogP contribution in [-0.4, -0.2) is 66.7 Å². The fraction of sp³-hybridized carbons (Fsp3) is 0.850. The summed E-state index contributed by atoms with van der Waals surface area (Å²) in [6.45, 7) is 9.99. The number of nitrogens with zero attached hydrogens (tertiary/aromatic N) is 4. The predicted molar refractivity (Wildman–Crippen MR) is 109 cm³/mol. The molecule has 0 radical (unpaired) electrons. The molecule has 7 heteroatoms. The van der Waals surface area contributed by atoms with Crippen molar-refractivity contribution in [3.63, 3.8) is 0 Å². The van der Waals surface area contributed by atoms with E-state index in [1.54, 1.807) is 13.1 Å². The van der Waals surface area contributed by atoms with Crippen LogP contribution in [0.1, 0.15) is 58.1 Å². The summed E-state index contributed by atoms with van der Waals surface area (Å²) in [6.07, 6.45) is 8.98. The number of hydrogen-bond acceptors (Lipinski definition) is 5. The number of rotatable bonds is 7. The van der Waals surface area contributed by atoms with Gasteiger partial charge in [-0.1, -0.05) is 20.3 Å². The Bertz CT molecular complexity index is 726. The molecule has 0 aliphatic carbocycles. The van der Waals surface area contributed by atoms with Crippen molar-refractivity contribution in [3.05, 3.63) is 11.9 Å². The van der Waals surface area contributed by atoms with Crippen molar-refractivity contribution in [1.82, 2.24) is 19.4 Å². The standard InChI is InChI=1S/C20H36N4O2S/c1-4-6-13-24-18(14-21-19(24)27(25,26)5-2)15-23-12-8-10-20(17-23)9-7-11-22(3)16-20/h14H,4-13,15-17H2,1-3H3. The first kappa shape index (κ1) is 20.8. The average molecular weight is 397 g/mol. The average Bonchev–Trinajstić information content (AvgIpc) is 3.03. The van der Waals surface area contributed by atoms with Gasteiger partial charge in [-0.2, -0.15) is 0 Å². The van der Waals surface area contributed by atoms with E-state index < -0.39 is 9.84 Å². The number of hydrogen-bond donors (Lipinski definition) is 0. The quantitative estimate of drug-likeness (QED) is 0.709. The van der Waals surface area contributed by atoms with Crippen LogP contribution in [0, 0.1) is 5.41 Å². The van der Waals surface area contributed by atoms with Gasteiger partial charge in [-0.25, -0.2) is 13.4 Å². The van der Waals surface area contributed by atoms with Crippen LogP contribution < -0.4 is 0 Å². The highest BCUT2D eigenvalue weighted by atomic mass is 32.2. The van der Waals surface area contributed by atoms with Crippen molar-refractivity contribution in [2.45, 2.75) is 70.6 Å². The molecule has 0 saturated carbocycles. The molecule has 2 saturated heterocycles. The minimum Gasteiger partial charge on any atom is -0.318 e. The fourth-order valence-corrected chi connectivity index (χ4v) is 5.93. The Labute approximate surface area is 164 Å². The zero-order valence-corrected chi connectivity index (χ0v) is 18.1.